The number of anilines is 1. The molecule has 1 aliphatic heterocycles. The Morgan fingerprint density at radius 2 is 2.08 bits per heavy atom. The zero-order valence-corrected chi connectivity index (χ0v) is 14.5. The van der Waals surface area contributed by atoms with Gasteiger partial charge in [0, 0.05) is 48.0 Å². The Bertz CT molecular complexity index is 1060. The van der Waals surface area contributed by atoms with Gasteiger partial charge in [-0.1, -0.05) is 0 Å². The first-order valence-electron chi connectivity index (χ1n) is 8.59. The zero-order chi connectivity index (χ0) is 17.0. The summed E-state index contributed by atoms with van der Waals surface area (Å²) < 4.78 is 27.3. The Labute approximate surface area is 145 Å². The van der Waals surface area contributed by atoms with E-state index >= 15 is 0 Å². The first-order chi connectivity index (χ1) is 12.1. The Kier molecular flexibility index (Phi) is 3.26. The van der Waals surface area contributed by atoms with E-state index in [1.807, 2.05) is 18.3 Å². The van der Waals surface area contributed by atoms with E-state index in [-0.39, 0.29) is 11.3 Å². The highest BCUT2D eigenvalue weighted by Crippen LogP contribution is 2.33. The summed E-state index contributed by atoms with van der Waals surface area (Å²) in [6.45, 7) is 1.51. The van der Waals surface area contributed by atoms with Gasteiger partial charge < -0.3 is 9.88 Å². The number of hydrogen-bond donors (Lipinski definition) is 2. The van der Waals surface area contributed by atoms with Gasteiger partial charge in [0.25, 0.3) is 0 Å². The van der Waals surface area contributed by atoms with E-state index < -0.39 is 10.0 Å². The fraction of sp³-hybridized carbons (Fsp3) is 0.412. The lowest BCUT2D eigenvalue weighted by molar-refractivity contribution is 0.560. The van der Waals surface area contributed by atoms with Gasteiger partial charge in [0.05, 0.1) is 17.0 Å². The third-order valence-corrected chi connectivity index (χ3v) is 7.10. The summed E-state index contributed by atoms with van der Waals surface area (Å²) in [4.78, 5) is 14.2. The molecule has 7 nitrogen and oxygen atoms in total. The van der Waals surface area contributed by atoms with Crippen molar-refractivity contribution in [3.63, 3.8) is 0 Å². The topological polar surface area (TPSA) is 91.0 Å². The molecule has 1 atom stereocenters. The van der Waals surface area contributed by atoms with Gasteiger partial charge in [0.15, 0.2) is 5.65 Å². The molecule has 1 saturated heterocycles. The van der Waals surface area contributed by atoms with E-state index in [0.29, 0.717) is 6.54 Å². The SMILES string of the molecule is O=S(=O)(NC1CCN(c2cc[nH]c3cnc4nccc4c23)C1)C1CC1. The molecule has 2 aliphatic rings. The molecule has 130 valence electrons. The molecule has 0 bridgehead atoms. The van der Waals surface area contributed by atoms with Gasteiger partial charge in [-0.3, -0.25) is 0 Å². The van der Waals surface area contributed by atoms with Crippen molar-refractivity contribution in [2.45, 2.75) is 30.6 Å². The quantitative estimate of drug-likeness (QED) is 0.743. The van der Waals surface area contributed by atoms with Gasteiger partial charge in [-0.15, -0.1) is 0 Å². The van der Waals surface area contributed by atoms with E-state index in [1.54, 1.807) is 12.4 Å². The van der Waals surface area contributed by atoms with Crippen molar-refractivity contribution in [3.8, 4) is 0 Å². The minimum Gasteiger partial charge on any atom is -0.369 e. The maximum Gasteiger partial charge on any atom is 0.214 e. The number of H-pyrrole nitrogens is 1. The van der Waals surface area contributed by atoms with Crippen LogP contribution in [0.25, 0.3) is 21.9 Å². The predicted octanol–water partition coefficient (Wildman–Crippen LogP) is 1.77. The average Bonchev–Trinajstić information content (AvgIpc) is 3.20. The summed E-state index contributed by atoms with van der Waals surface area (Å²) in [6, 6.07) is 4.00. The molecule has 2 fully saturated rings. The highest BCUT2D eigenvalue weighted by atomic mass is 32.2. The molecule has 1 unspecified atom stereocenters. The molecule has 0 spiro atoms. The highest BCUT2D eigenvalue weighted by molar-refractivity contribution is 7.90. The summed E-state index contributed by atoms with van der Waals surface area (Å²) in [5, 5.41) is 1.94. The second kappa shape index (κ2) is 5.40. The first-order valence-corrected chi connectivity index (χ1v) is 10.1. The maximum absolute atomic E-state index is 12.2. The summed E-state index contributed by atoms with van der Waals surface area (Å²) in [5.41, 5.74) is 2.79. The molecule has 3 aromatic heterocycles. The summed E-state index contributed by atoms with van der Waals surface area (Å²) in [5.74, 6) is 0. The molecule has 2 N–H and O–H groups in total. The number of pyridine rings is 2. The molecule has 5 rings (SSSR count). The normalized spacial score (nSPS) is 21.4. The fourth-order valence-corrected chi connectivity index (χ4v) is 5.29. The maximum atomic E-state index is 12.2. The Balaban J connectivity index is 1.48. The number of rotatable bonds is 4. The highest BCUT2D eigenvalue weighted by Gasteiger charge is 2.38. The monoisotopic (exact) mass is 357 g/mol. The number of aromatic amines is 1. The van der Waals surface area contributed by atoms with Gasteiger partial charge >= 0.3 is 0 Å². The van der Waals surface area contributed by atoms with Crippen molar-refractivity contribution in [2.24, 2.45) is 0 Å². The van der Waals surface area contributed by atoms with Crippen LogP contribution >= 0.6 is 0 Å². The number of sulfonamides is 1. The van der Waals surface area contributed by atoms with E-state index in [0.717, 1.165) is 53.4 Å². The summed E-state index contributed by atoms with van der Waals surface area (Å²) in [7, 11) is -3.15. The molecule has 0 radical (unpaired) electrons. The van der Waals surface area contributed by atoms with E-state index in [4.69, 9.17) is 0 Å². The molecular weight excluding hydrogens is 338 g/mol. The van der Waals surface area contributed by atoms with Gasteiger partial charge in [0.2, 0.25) is 10.0 Å². The van der Waals surface area contributed by atoms with Crippen LogP contribution in [0.2, 0.25) is 0 Å². The second-order valence-electron chi connectivity index (χ2n) is 6.89. The lowest BCUT2D eigenvalue weighted by atomic mass is 10.1. The fourth-order valence-electron chi connectivity index (χ4n) is 3.68. The first kappa shape index (κ1) is 15.1. The van der Waals surface area contributed by atoms with Crippen LogP contribution in [0, 0.1) is 0 Å². The molecule has 25 heavy (non-hydrogen) atoms. The average molecular weight is 357 g/mol. The van der Waals surface area contributed by atoms with Gasteiger partial charge in [-0.05, 0) is 31.4 Å². The van der Waals surface area contributed by atoms with Crippen LogP contribution in [0.5, 0.6) is 0 Å². The van der Waals surface area contributed by atoms with Crippen molar-refractivity contribution >= 4 is 37.6 Å². The molecule has 0 aromatic carbocycles. The minimum atomic E-state index is -3.15. The van der Waals surface area contributed by atoms with Crippen LogP contribution in [-0.2, 0) is 10.0 Å². The van der Waals surface area contributed by atoms with Gasteiger partial charge in [-0.25, -0.2) is 23.1 Å². The number of aromatic nitrogens is 3. The van der Waals surface area contributed by atoms with E-state index in [2.05, 4.69) is 24.6 Å². The Hall–Kier alpha value is -2.19. The van der Waals surface area contributed by atoms with Crippen molar-refractivity contribution < 1.29 is 8.42 Å². The zero-order valence-electron chi connectivity index (χ0n) is 13.6. The number of hydrogen-bond acceptors (Lipinski definition) is 5. The van der Waals surface area contributed by atoms with Crippen molar-refractivity contribution in [1.29, 1.82) is 0 Å². The van der Waals surface area contributed by atoms with Gasteiger partial charge in [-0.2, -0.15) is 0 Å². The largest absolute Gasteiger partial charge is 0.369 e. The molecule has 8 heteroatoms. The van der Waals surface area contributed by atoms with Crippen LogP contribution < -0.4 is 9.62 Å². The molecule has 3 aromatic rings. The van der Waals surface area contributed by atoms with Crippen LogP contribution in [0.1, 0.15) is 19.3 Å². The lowest BCUT2D eigenvalue weighted by Crippen LogP contribution is -2.38. The molecule has 1 saturated carbocycles. The van der Waals surface area contributed by atoms with Crippen LogP contribution in [-0.4, -0.2) is 47.8 Å². The molecule has 1 aliphatic carbocycles. The molecule has 0 amide bonds. The predicted molar refractivity (Wildman–Crippen MR) is 97.1 cm³/mol. The lowest BCUT2D eigenvalue weighted by Gasteiger charge is -2.21. The van der Waals surface area contributed by atoms with Crippen LogP contribution in [0.15, 0.2) is 30.7 Å². The minimum absolute atomic E-state index is 0.0278. The molecular formula is C17H19N5O2S. The summed E-state index contributed by atoms with van der Waals surface area (Å²) >= 11 is 0. The van der Waals surface area contributed by atoms with E-state index in [1.165, 1.54) is 0 Å². The standard InChI is InChI=1S/C17H19N5O2S/c23-25(24,12-1-2-12)21-11-5-8-22(10-11)15-4-7-18-14-9-20-17-13(16(14)15)3-6-19-17/h3-4,6-7,9,11-12,18,21H,1-2,5,8,10H2. The smallest absolute Gasteiger partial charge is 0.214 e. The Morgan fingerprint density at radius 1 is 1.20 bits per heavy atom. The molecule has 4 heterocycles. The number of nitrogens with one attached hydrogen (secondary N) is 2. The third-order valence-electron chi connectivity index (χ3n) is 5.09. The number of fused-ring (bicyclic) bond motifs is 3. The van der Waals surface area contributed by atoms with Crippen LogP contribution in [0.3, 0.4) is 0 Å². The number of nitrogens with zero attached hydrogens (tertiary/aromatic N) is 3. The van der Waals surface area contributed by atoms with Crippen molar-refractivity contribution in [3.05, 3.63) is 30.7 Å². The van der Waals surface area contributed by atoms with Crippen molar-refractivity contribution in [2.75, 3.05) is 18.0 Å². The Morgan fingerprint density at radius 3 is 2.92 bits per heavy atom. The van der Waals surface area contributed by atoms with Crippen LogP contribution in [0.4, 0.5) is 5.69 Å². The van der Waals surface area contributed by atoms with Gasteiger partial charge in [0.1, 0.15) is 0 Å². The third kappa shape index (κ3) is 2.56. The summed E-state index contributed by atoms with van der Waals surface area (Å²) in [6.07, 6.45) is 7.88. The second-order valence-corrected chi connectivity index (χ2v) is 8.88. The van der Waals surface area contributed by atoms with Crippen molar-refractivity contribution in [1.82, 2.24) is 19.7 Å². The van der Waals surface area contributed by atoms with E-state index in [9.17, 15) is 8.42 Å².